The van der Waals surface area contributed by atoms with Crippen LogP contribution in [0.4, 0.5) is 0 Å². The Bertz CT molecular complexity index is 872. The van der Waals surface area contributed by atoms with Crippen molar-refractivity contribution < 1.29 is 19.8 Å². The lowest BCUT2D eigenvalue weighted by molar-refractivity contribution is 0.0683. The average molecular weight is 310 g/mol. The molecule has 0 saturated heterocycles. The summed E-state index contributed by atoms with van der Waals surface area (Å²) < 4.78 is 1.34. The van der Waals surface area contributed by atoms with Crippen molar-refractivity contribution in [3.05, 3.63) is 60.0 Å². The van der Waals surface area contributed by atoms with Gasteiger partial charge < -0.3 is 10.2 Å². The summed E-state index contributed by atoms with van der Waals surface area (Å²) in [5, 5.41) is 25.8. The number of aromatic nitrogens is 4. The molecule has 8 nitrogen and oxygen atoms in total. The summed E-state index contributed by atoms with van der Waals surface area (Å²) in [5.74, 6) is -2.26. The smallest absolute Gasteiger partial charge is 0.358 e. The monoisotopic (exact) mass is 310 g/mol. The van der Waals surface area contributed by atoms with Crippen molar-refractivity contribution in [2.45, 2.75) is 0 Å². The molecule has 0 atom stereocenters. The largest absolute Gasteiger partial charge is 0.478 e. The topological polar surface area (TPSA) is 118 Å². The van der Waals surface area contributed by atoms with Crippen LogP contribution in [-0.2, 0) is 0 Å². The molecular weight excluding hydrogens is 300 g/mol. The summed E-state index contributed by atoms with van der Waals surface area (Å²) in [5.41, 5.74) is 1.22. The fourth-order valence-electron chi connectivity index (χ4n) is 2.11. The summed E-state index contributed by atoms with van der Waals surface area (Å²) in [7, 11) is 0. The number of carboxylic acids is 2. The van der Waals surface area contributed by atoms with Crippen molar-refractivity contribution in [1.82, 2.24) is 20.0 Å². The molecule has 2 N–H and O–H groups in total. The quantitative estimate of drug-likeness (QED) is 0.753. The van der Waals surface area contributed by atoms with E-state index in [9.17, 15) is 14.7 Å². The van der Waals surface area contributed by atoms with Crippen molar-refractivity contribution in [2.75, 3.05) is 0 Å². The van der Waals surface area contributed by atoms with Crippen LogP contribution in [0.3, 0.4) is 0 Å². The van der Waals surface area contributed by atoms with Gasteiger partial charge in [-0.15, -0.1) is 5.10 Å². The van der Waals surface area contributed by atoms with Gasteiger partial charge in [0.25, 0.3) is 0 Å². The summed E-state index contributed by atoms with van der Waals surface area (Å²) in [4.78, 5) is 26.3. The molecule has 0 aliphatic heterocycles. The molecule has 2 heterocycles. The highest BCUT2D eigenvalue weighted by atomic mass is 16.4. The summed E-state index contributed by atoms with van der Waals surface area (Å²) >= 11 is 0. The summed E-state index contributed by atoms with van der Waals surface area (Å²) in [6.45, 7) is 0. The van der Waals surface area contributed by atoms with Crippen molar-refractivity contribution in [1.29, 1.82) is 0 Å². The molecule has 0 aliphatic carbocycles. The molecule has 1 aromatic carbocycles. The molecule has 8 heteroatoms. The number of nitrogens with zero attached hydrogens (tertiary/aromatic N) is 4. The molecule has 23 heavy (non-hydrogen) atoms. The van der Waals surface area contributed by atoms with Crippen LogP contribution in [-0.4, -0.2) is 42.1 Å². The van der Waals surface area contributed by atoms with Gasteiger partial charge in [0.05, 0.1) is 11.3 Å². The Hall–Kier alpha value is -3.55. The van der Waals surface area contributed by atoms with E-state index in [-0.39, 0.29) is 17.0 Å². The third-order valence-electron chi connectivity index (χ3n) is 3.17. The zero-order chi connectivity index (χ0) is 16.4. The van der Waals surface area contributed by atoms with Crippen molar-refractivity contribution >= 4 is 11.9 Å². The van der Waals surface area contributed by atoms with E-state index in [2.05, 4.69) is 15.3 Å². The fourth-order valence-corrected chi connectivity index (χ4v) is 2.11. The number of hydrogen-bond donors (Lipinski definition) is 2. The Morgan fingerprint density at radius 2 is 1.74 bits per heavy atom. The highest BCUT2D eigenvalue weighted by molar-refractivity contribution is 5.93. The fraction of sp³-hybridized carbons (Fsp3) is 0. The first-order chi connectivity index (χ1) is 11.1. The van der Waals surface area contributed by atoms with Crippen molar-refractivity contribution in [2.24, 2.45) is 0 Å². The lowest BCUT2D eigenvalue weighted by Crippen LogP contribution is -2.04. The predicted octanol–water partition coefficient (Wildman–Crippen LogP) is 1.73. The van der Waals surface area contributed by atoms with Crippen LogP contribution in [0.15, 0.2) is 48.8 Å². The summed E-state index contributed by atoms with van der Waals surface area (Å²) in [6.07, 6.45) is 3.08. The Morgan fingerprint density at radius 3 is 2.30 bits per heavy atom. The van der Waals surface area contributed by atoms with Gasteiger partial charge in [-0.05, 0) is 36.4 Å². The van der Waals surface area contributed by atoms with E-state index >= 15 is 0 Å². The van der Waals surface area contributed by atoms with Gasteiger partial charge in [-0.2, -0.15) is 0 Å². The first-order valence-electron chi connectivity index (χ1n) is 6.51. The van der Waals surface area contributed by atoms with E-state index in [0.29, 0.717) is 11.3 Å². The highest BCUT2D eigenvalue weighted by Crippen LogP contribution is 2.24. The average Bonchev–Trinajstić information content (AvgIpc) is 3.01. The van der Waals surface area contributed by atoms with Gasteiger partial charge in [0.2, 0.25) is 0 Å². The Labute approximate surface area is 129 Å². The standard InChI is InChI=1S/C15H10N4O4/c20-14(21)9-3-5-11(6-4-9)19-13(10-2-1-7-16-8-10)12(15(22)23)17-18-19/h1-8H,(H,20,21)(H,22,23). The molecule has 3 rings (SSSR count). The first-order valence-corrected chi connectivity index (χ1v) is 6.51. The lowest BCUT2D eigenvalue weighted by atomic mass is 10.1. The van der Waals surface area contributed by atoms with Crippen LogP contribution in [0.1, 0.15) is 20.8 Å². The molecule has 0 radical (unpaired) electrons. The first kappa shape index (κ1) is 14.4. The third-order valence-corrected chi connectivity index (χ3v) is 3.17. The molecule has 0 unspecified atom stereocenters. The predicted molar refractivity (Wildman–Crippen MR) is 78.5 cm³/mol. The number of carboxylic acid groups (broad SMARTS) is 2. The van der Waals surface area contributed by atoms with Gasteiger partial charge in [-0.25, -0.2) is 14.3 Å². The Kier molecular flexibility index (Phi) is 3.55. The molecule has 2 aromatic heterocycles. The van der Waals surface area contributed by atoms with Crippen molar-refractivity contribution in [3.63, 3.8) is 0 Å². The molecule has 0 aliphatic rings. The number of rotatable bonds is 4. The highest BCUT2D eigenvalue weighted by Gasteiger charge is 2.21. The Balaban J connectivity index is 2.16. The van der Waals surface area contributed by atoms with Gasteiger partial charge in [-0.1, -0.05) is 5.21 Å². The minimum absolute atomic E-state index is 0.121. The molecule has 114 valence electrons. The second-order valence-corrected chi connectivity index (χ2v) is 4.60. The van der Waals surface area contributed by atoms with Gasteiger partial charge >= 0.3 is 11.9 Å². The zero-order valence-electron chi connectivity index (χ0n) is 11.6. The van der Waals surface area contributed by atoms with E-state index in [1.54, 1.807) is 18.3 Å². The number of carbonyl (C=O) groups is 2. The lowest BCUT2D eigenvalue weighted by Gasteiger charge is -2.07. The normalized spacial score (nSPS) is 10.4. The Morgan fingerprint density at radius 1 is 1.00 bits per heavy atom. The third kappa shape index (κ3) is 2.64. The molecular formula is C15H10N4O4. The molecule has 0 amide bonds. The number of pyridine rings is 1. The number of aromatic carboxylic acids is 2. The van der Waals surface area contributed by atoms with Crippen LogP contribution < -0.4 is 0 Å². The SMILES string of the molecule is O=C(O)c1ccc(-n2nnc(C(=O)O)c2-c2cccnc2)cc1. The summed E-state index contributed by atoms with van der Waals surface area (Å²) in [6, 6.07) is 9.25. The zero-order valence-corrected chi connectivity index (χ0v) is 11.6. The van der Waals surface area contributed by atoms with E-state index < -0.39 is 11.9 Å². The second kappa shape index (κ2) is 5.68. The molecule has 0 bridgehead atoms. The minimum atomic E-state index is -1.21. The minimum Gasteiger partial charge on any atom is -0.478 e. The molecule has 0 spiro atoms. The van der Waals surface area contributed by atoms with E-state index in [1.165, 1.54) is 35.1 Å². The van der Waals surface area contributed by atoms with Gasteiger partial charge in [0.1, 0.15) is 5.69 Å². The van der Waals surface area contributed by atoms with Crippen molar-refractivity contribution in [3.8, 4) is 16.9 Å². The van der Waals surface area contributed by atoms with Gasteiger partial charge in [-0.3, -0.25) is 4.98 Å². The maximum atomic E-state index is 11.4. The number of benzene rings is 1. The molecule has 0 saturated carbocycles. The molecule has 3 aromatic rings. The van der Waals surface area contributed by atoms with Gasteiger partial charge in [0.15, 0.2) is 5.69 Å². The van der Waals surface area contributed by atoms with Crippen LogP contribution >= 0.6 is 0 Å². The van der Waals surface area contributed by atoms with Crippen LogP contribution in [0.5, 0.6) is 0 Å². The van der Waals surface area contributed by atoms with Crippen LogP contribution in [0.2, 0.25) is 0 Å². The maximum absolute atomic E-state index is 11.4. The number of hydrogen-bond acceptors (Lipinski definition) is 5. The van der Waals surface area contributed by atoms with E-state index in [0.717, 1.165) is 0 Å². The van der Waals surface area contributed by atoms with E-state index in [4.69, 9.17) is 5.11 Å². The maximum Gasteiger partial charge on any atom is 0.358 e. The second-order valence-electron chi connectivity index (χ2n) is 4.60. The molecule has 0 fully saturated rings. The van der Waals surface area contributed by atoms with Crippen LogP contribution in [0.25, 0.3) is 16.9 Å². The van der Waals surface area contributed by atoms with Gasteiger partial charge in [0, 0.05) is 18.0 Å². The van der Waals surface area contributed by atoms with Crippen LogP contribution in [0, 0.1) is 0 Å². The van der Waals surface area contributed by atoms with E-state index in [1.807, 2.05) is 0 Å².